The third kappa shape index (κ3) is 10.5. The first-order valence-electron chi connectivity index (χ1n) is 15.3. The molecule has 0 spiro atoms. The molecule has 252 valence electrons. The lowest BCUT2D eigenvalue weighted by Gasteiger charge is -2.31. The van der Waals surface area contributed by atoms with Crippen molar-refractivity contribution in [2.75, 3.05) is 27.4 Å². The Kier molecular flexibility index (Phi) is 12.3. The maximum Gasteiger partial charge on any atom is 0.311 e. The molecule has 0 amide bonds. The normalized spacial score (nSPS) is 20.1. The molecule has 3 atom stereocenters. The van der Waals surface area contributed by atoms with Crippen LogP contribution in [0, 0.1) is 0 Å². The molecule has 2 heterocycles. The van der Waals surface area contributed by atoms with Crippen LogP contribution in [0.5, 0.6) is 23.0 Å². The number of hydrogen-bond acceptors (Lipinski definition) is 12. The van der Waals surface area contributed by atoms with E-state index in [9.17, 15) is 24.3 Å². The van der Waals surface area contributed by atoms with Crippen molar-refractivity contribution in [1.82, 2.24) is 0 Å². The van der Waals surface area contributed by atoms with Gasteiger partial charge in [0, 0.05) is 19.4 Å². The number of hydrogen-bond donors (Lipinski definition) is 1. The molecule has 4 rings (SSSR count). The first kappa shape index (κ1) is 35.3. The van der Waals surface area contributed by atoms with E-state index >= 15 is 0 Å². The molecule has 2 fully saturated rings. The van der Waals surface area contributed by atoms with E-state index in [-0.39, 0.29) is 67.5 Å². The summed E-state index contributed by atoms with van der Waals surface area (Å²) in [5, 5.41) is 9.67. The van der Waals surface area contributed by atoms with Crippen molar-refractivity contribution in [3.8, 4) is 23.0 Å². The predicted molar refractivity (Wildman–Crippen MR) is 169 cm³/mol. The summed E-state index contributed by atoms with van der Waals surface area (Å²) < 4.78 is 38.7. The largest absolute Gasteiger partial charge is 0.504 e. The van der Waals surface area contributed by atoms with Crippen LogP contribution in [0.15, 0.2) is 48.6 Å². The Morgan fingerprint density at radius 3 is 2.19 bits per heavy atom. The number of allylic oxidation sites excluding steroid dienone is 2. The van der Waals surface area contributed by atoms with Crippen molar-refractivity contribution in [1.29, 1.82) is 0 Å². The van der Waals surface area contributed by atoms with Gasteiger partial charge in [0.15, 0.2) is 40.4 Å². The van der Waals surface area contributed by atoms with E-state index in [1.807, 2.05) is 13.8 Å². The molecule has 12 heteroatoms. The Balaban J connectivity index is 1.18. The number of esters is 2. The summed E-state index contributed by atoms with van der Waals surface area (Å²) in [5.41, 5.74) is 1.22. The third-order valence-corrected chi connectivity index (χ3v) is 7.38. The topological polar surface area (TPSA) is 153 Å². The Bertz CT molecular complexity index is 1510. The highest BCUT2D eigenvalue weighted by Gasteiger charge is 2.48. The summed E-state index contributed by atoms with van der Waals surface area (Å²) in [4.78, 5) is 49.3. The molecule has 2 aromatic carbocycles. The molecule has 0 radical (unpaired) electrons. The molecule has 3 unspecified atom stereocenters. The summed E-state index contributed by atoms with van der Waals surface area (Å²) in [6.07, 6.45) is 5.41. The van der Waals surface area contributed by atoms with Gasteiger partial charge in [0.05, 0.1) is 26.7 Å². The molecule has 0 bridgehead atoms. The van der Waals surface area contributed by atoms with Gasteiger partial charge in [-0.1, -0.05) is 24.3 Å². The van der Waals surface area contributed by atoms with Crippen LogP contribution in [0.2, 0.25) is 0 Å². The van der Waals surface area contributed by atoms with Gasteiger partial charge in [-0.15, -0.1) is 0 Å². The van der Waals surface area contributed by atoms with Crippen LogP contribution in [0.3, 0.4) is 0 Å². The second-order valence-electron chi connectivity index (χ2n) is 11.5. The smallest absolute Gasteiger partial charge is 0.311 e. The van der Waals surface area contributed by atoms with E-state index in [1.54, 1.807) is 24.3 Å². The summed E-state index contributed by atoms with van der Waals surface area (Å²) in [7, 11) is 2.84. The van der Waals surface area contributed by atoms with Gasteiger partial charge >= 0.3 is 11.9 Å². The molecule has 0 aromatic heterocycles. The minimum atomic E-state index is -0.711. The zero-order chi connectivity index (χ0) is 34.0. The van der Waals surface area contributed by atoms with Crippen LogP contribution in [-0.2, 0) is 38.1 Å². The highest BCUT2D eigenvalue weighted by molar-refractivity contribution is 6.10. The number of fused-ring (bicyclic) bond motifs is 1. The number of methoxy groups -OCH3 is 2. The highest BCUT2D eigenvalue weighted by atomic mass is 16.8. The molecule has 2 aliphatic heterocycles. The van der Waals surface area contributed by atoms with Gasteiger partial charge in [-0.3, -0.25) is 19.2 Å². The quantitative estimate of drug-likeness (QED) is 0.124. The molecule has 0 saturated carbocycles. The third-order valence-electron chi connectivity index (χ3n) is 7.38. The van der Waals surface area contributed by atoms with Crippen LogP contribution in [0.25, 0.3) is 12.2 Å². The maximum atomic E-state index is 12.5. The minimum absolute atomic E-state index is 0.0195. The number of benzene rings is 2. The van der Waals surface area contributed by atoms with Crippen molar-refractivity contribution in [2.24, 2.45) is 0 Å². The lowest BCUT2D eigenvalue weighted by atomic mass is 10.0. The van der Waals surface area contributed by atoms with Gasteiger partial charge in [0.2, 0.25) is 0 Å². The molecule has 2 aromatic rings. The monoisotopic (exact) mass is 652 g/mol. The van der Waals surface area contributed by atoms with Crippen molar-refractivity contribution >= 4 is 35.7 Å². The van der Waals surface area contributed by atoms with Crippen LogP contribution in [0.4, 0.5) is 0 Å². The summed E-state index contributed by atoms with van der Waals surface area (Å²) >= 11 is 0. The highest BCUT2D eigenvalue weighted by Crippen LogP contribution is 2.35. The molecule has 0 aliphatic carbocycles. The van der Waals surface area contributed by atoms with Gasteiger partial charge in [-0.2, -0.15) is 0 Å². The van der Waals surface area contributed by atoms with Crippen molar-refractivity contribution < 1.29 is 57.4 Å². The van der Waals surface area contributed by atoms with Gasteiger partial charge in [-0.25, -0.2) is 0 Å². The number of carbonyl (C=O) groups excluding carboxylic acids is 4. The van der Waals surface area contributed by atoms with Gasteiger partial charge in [0.25, 0.3) is 0 Å². The Morgan fingerprint density at radius 1 is 0.872 bits per heavy atom. The first-order chi connectivity index (χ1) is 22.5. The van der Waals surface area contributed by atoms with Gasteiger partial charge < -0.3 is 38.3 Å². The Hall–Kier alpha value is -4.52. The average molecular weight is 653 g/mol. The van der Waals surface area contributed by atoms with E-state index in [0.29, 0.717) is 24.2 Å². The zero-order valence-corrected chi connectivity index (χ0v) is 26.9. The SMILES string of the molecule is COc1cc(/C=C/C(=O)CC(=O)/C=C/c2ccc(OC(=O)CCCC(=O)OCC3OCCC4OC(C)(C)OC34)c(OC)c2)ccc1O. The molecule has 1 N–H and O–H groups in total. The number of ether oxygens (including phenoxy) is 7. The van der Waals surface area contributed by atoms with E-state index < -0.39 is 35.4 Å². The second kappa shape index (κ2) is 16.3. The van der Waals surface area contributed by atoms with E-state index in [0.717, 1.165) is 0 Å². The number of aromatic hydroxyl groups is 1. The standard InChI is InChI=1S/C35H40O12/c1-35(2)46-28-16-17-43-31(34(28)47-35)21-44-32(39)6-5-7-33(40)45-27-15-11-23(19-30(27)42-4)9-13-25(37)20-24(36)12-8-22-10-14-26(38)29(18-22)41-3/h8-15,18-19,28,31,34,38H,5-7,16-17,20-21H2,1-4H3/b12-8+,13-9+. The van der Waals surface area contributed by atoms with Crippen LogP contribution >= 0.6 is 0 Å². The van der Waals surface area contributed by atoms with Gasteiger partial charge in [0.1, 0.15) is 18.8 Å². The Labute approximate surface area is 273 Å². The number of phenolic OH excluding ortho intramolecular Hbond substituents is 1. The summed E-state index contributed by atoms with van der Waals surface area (Å²) in [6.45, 7) is 4.21. The van der Waals surface area contributed by atoms with Gasteiger partial charge in [-0.05, 0) is 74.2 Å². The molecule has 2 aliphatic rings. The molecule has 47 heavy (non-hydrogen) atoms. The summed E-state index contributed by atoms with van der Waals surface area (Å²) in [5.74, 6) is -1.82. The van der Waals surface area contributed by atoms with Crippen LogP contribution < -0.4 is 14.2 Å². The van der Waals surface area contributed by atoms with E-state index in [1.165, 1.54) is 50.7 Å². The number of carbonyl (C=O) groups is 4. The summed E-state index contributed by atoms with van der Waals surface area (Å²) in [6, 6.07) is 9.37. The molecule has 2 saturated heterocycles. The van der Waals surface area contributed by atoms with Crippen molar-refractivity contribution in [2.45, 2.75) is 70.1 Å². The zero-order valence-electron chi connectivity index (χ0n) is 26.9. The fourth-order valence-electron chi connectivity index (χ4n) is 5.11. The number of phenols is 1. The van der Waals surface area contributed by atoms with Crippen molar-refractivity contribution in [3.05, 3.63) is 59.7 Å². The maximum absolute atomic E-state index is 12.5. The Morgan fingerprint density at radius 2 is 1.51 bits per heavy atom. The average Bonchev–Trinajstić information content (AvgIpc) is 3.37. The first-order valence-corrected chi connectivity index (χ1v) is 15.3. The molecule has 12 nitrogen and oxygen atoms in total. The van der Waals surface area contributed by atoms with Crippen LogP contribution in [0.1, 0.15) is 57.1 Å². The second-order valence-corrected chi connectivity index (χ2v) is 11.5. The minimum Gasteiger partial charge on any atom is -0.504 e. The number of rotatable bonds is 15. The fourth-order valence-corrected chi connectivity index (χ4v) is 5.11. The molecular formula is C35H40O12. The predicted octanol–water partition coefficient (Wildman–Crippen LogP) is 4.59. The van der Waals surface area contributed by atoms with E-state index in [4.69, 9.17) is 33.2 Å². The number of ketones is 2. The lowest BCUT2D eigenvalue weighted by molar-refractivity contribution is -0.167. The molecular weight excluding hydrogens is 612 g/mol. The van der Waals surface area contributed by atoms with Crippen LogP contribution in [-0.4, -0.2) is 80.1 Å². The van der Waals surface area contributed by atoms with E-state index in [2.05, 4.69) is 0 Å². The lowest BCUT2D eigenvalue weighted by Crippen LogP contribution is -2.45. The fraction of sp³-hybridized carbons (Fsp3) is 0.429. The van der Waals surface area contributed by atoms with Crippen molar-refractivity contribution in [3.63, 3.8) is 0 Å².